The summed E-state index contributed by atoms with van der Waals surface area (Å²) in [4.78, 5) is 33.0. The Balaban J connectivity index is 1.60. The SMILES string of the molecule is CCCc1nc(C(=O)c2ccccc2)nn1Cc1ccc(-c2ncccc2C(=O)O)cc1. The standard InChI is InChI=1S/C25H22N4O3/c1-2-7-21-27-24(23(30)19-8-4-3-5-9-19)28-29(21)16-17-11-13-18(14-12-17)22-20(25(31)32)10-6-15-26-22/h3-6,8-15H,2,7,16H2,1H3,(H,31,32). The molecule has 1 N–H and O–H groups in total. The van der Waals surface area contributed by atoms with Crippen molar-refractivity contribution in [1.82, 2.24) is 19.7 Å². The summed E-state index contributed by atoms with van der Waals surface area (Å²) in [5.41, 5.74) is 2.82. The molecule has 0 unspecified atom stereocenters. The third-order valence-corrected chi connectivity index (χ3v) is 5.06. The molecule has 0 aliphatic rings. The van der Waals surface area contributed by atoms with Gasteiger partial charge in [-0.25, -0.2) is 14.5 Å². The molecule has 160 valence electrons. The van der Waals surface area contributed by atoms with Gasteiger partial charge in [0.1, 0.15) is 5.82 Å². The first-order chi connectivity index (χ1) is 15.6. The lowest BCUT2D eigenvalue weighted by atomic mass is 10.0. The second kappa shape index (κ2) is 9.34. The van der Waals surface area contributed by atoms with Crippen LogP contribution in [0, 0.1) is 0 Å². The normalized spacial score (nSPS) is 10.8. The van der Waals surface area contributed by atoms with Gasteiger partial charge in [0.05, 0.1) is 17.8 Å². The molecule has 2 aromatic carbocycles. The van der Waals surface area contributed by atoms with Crippen LogP contribution in [-0.4, -0.2) is 36.6 Å². The highest BCUT2D eigenvalue weighted by Gasteiger charge is 2.18. The number of pyridine rings is 1. The maximum Gasteiger partial charge on any atom is 0.337 e. The average molecular weight is 426 g/mol. The number of aryl methyl sites for hydroxylation is 1. The van der Waals surface area contributed by atoms with E-state index in [0.29, 0.717) is 24.2 Å². The number of ketones is 1. The summed E-state index contributed by atoms with van der Waals surface area (Å²) in [6.07, 6.45) is 3.17. The van der Waals surface area contributed by atoms with Gasteiger partial charge in [-0.2, -0.15) is 0 Å². The van der Waals surface area contributed by atoms with Crippen molar-refractivity contribution in [1.29, 1.82) is 0 Å². The van der Waals surface area contributed by atoms with Gasteiger partial charge in [0.2, 0.25) is 11.6 Å². The minimum atomic E-state index is -1.01. The van der Waals surface area contributed by atoms with Crippen molar-refractivity contribution in [2.75, 3.05) is 0 Å². The van der Waals surface area contributed by atoms with E-state index < -0.39 is 5.97 Å². The van der Waals surface area contributed by atoms with E-state index in [0.717, 1.165) is 23.4 Å². The van der Waals surface area contributed by atoms with Crippen molar-refractivity contribution >= 4 is 11.8 Å². The lowest BCUT2D eigenvalue weighted by Gasteiger charge is -2.08. The van der Waals surface area contributed by atoms with Crippen molar-refractivity contribution in [2.45, 2.75) is 26.3 Å². The van der Waals surface area contributed by atoms with Crippen LogP contribution < -0.4 is 0 Å². The highest BCUT2D eigenvalue weighted by molar-refractivity contribution is 6.06. The van der Waals surface area contributed by atoms with Gasteiger partial charge in [-0.3, -0.25) is 9.78 Å². The lowest BCUT2D eigenvalue weighted by molar-refractivity contribution is 0.0697. The molecule has 32 heavy (non-hydrogen) atoms. The van der Waals surface area contributed by atoms with E-state index in [-0.39, 0.29) is 17.2 Å². The summed E-state index contributed by atoms with van der Waals surface area (Å²) in [6, 6.07) is 19.6. The van der Waals surface area contributed by atoms with Crippen molar-refractivity contribution in [3.63, 3.8) is 0 Å². The number of hydrogen-bond donors (Lipinski definition) is 1. The molecule has 2 heterocycles. The zero-order valence-electron chi connectivity index (χ0n) is 17.6. The summed E-state index contributed by atoms with van der Waals surface area (Å²) in [5.74, 6) is -0.266. The maximum absolute atomic E-state index is 12.8. The van der Waals surface area contributed by atoms with Crippen LogP contribution in [-0.2, 0) is 13.0 Å². The van der Waals surface area contributed by atoms with Gasteiger partial charge in [0.15, 0.2) is 0 Å². The van der Waals surface area contributed by atoms with E-state index in [9.17, 15) is 14.7 Å². The molecule has 0 saturated carbocycles. The zero-order chi connectivity index (χ0) is 22.5. The molecule has 0 atom stereocenters. The Bertz CT molecular complexity index is 1250. The molecule has 0 saturated heterocycles. The second-order valence-electron chi connectivity index (χ2n) is 7.36. The predicted molar refractivity (Wildman–Crippen MR) is 120 cm³/mol. The fourth-order valence-electron chi connectivity index (χ4n) is 3.47. The third kappa shape index (κ3) is 4.46. The van der Waals surface area contributed by atoms with Crippen molar-refractivity contribution in [3.8, 4) is 11.3 Å². The Labute approximate surface area is 185 Å². The molecule has 2 aromatic heterocycles. The number of carboxylic acid groups (broad SMARTS) is 1. The van der Waals surface area contributed by atoms with E-state index in [1.807, 2.05) is 42.5 Å². The average Bonchev–Trinajstić information content (AvgIpc) is 3.22. The van der Waals surface area contributed by atoms with Crippen LogP contribution in [0.15, 0.2) is 72.9 Å². The van der Waals surface area contributed by atoms with Gasteiger partial charge in [-0.15, -0.1) is 5.10 Å². The van der Waals surface area contributed by atoms with Gasteiger partial charge >= 0.3 is 5.97 Å². The number of rotatable bonds is 8. The topological polar surface area (TPSA) is 98.0 Å². The molecule has 7 heteroatoms. The summed E-state index contributed by atoms with van der Waals surface area (Å²) >= 11 is 0. The number of nitrogens with zero attached hydrogens (tertiary/aromatic N) is 4. The number of carbonyl (C=O) groups excluding carboxylic acids is 1. The number of aromatic nitrogens is 4. The Morgan fingerprint density at radius 2 is 1.72 bits per heavy atom. The summed E-state index contributed by atoms with van der Waals surface area (Å²) in [5, 5.41) is 13.9. The quantitative estimate of drug-likeness (QED) is 0.423. The highest BCUT2D eigenvalue weighted by Crippen LogP contribution is 2.22. The van der Waals surface area contributed by atoms with E-state index in [2.05, 4.69) is 22.0 Å². The number of aromatic carboxylic acids is 1. The molecule has 4 aromatic rings. The Kier molecular flexibility index (Phi) is 6.17. The van der Waals surface area contributed by atoms with Crippen LogP contribution in [0.1, 0.15) is 51.3 Å². The monoisotopic (exact) mass is 426 g/mol. The number of carbonyl (C=O) groups is 2. The first-order valence-corrected chi connectivity index (χ1v) is 10.4. The first kappa shape index (κ1) is 21.1. The van der Waals surface area contributed by atoms with Gasteiger partial charge in [0, 0.05) is 23.7 Å². The molecule has 0 aliphatic heterocycles. The van der Waals surface area contributed by atoms with Crippen molar-refractivity contribution < 1.29 is 14.7 Å². The molecule has 4 rings (SSSR count). The molecule has 7 nitrogen and oxygen atoms in total. The zero-order valence-corrected chi connectivity index (χ0v) is 17.6. The smallest absolute Gasteiger partial charge is 0.337 e. The van der Waals surface area contributed by atoms with Gasteiger partial charge in [0.25, 0.3) is 0 Å². The maximum atomic E-state index is 12.8. The molecule has 0 amide bonds. The van der Waals surface area contributed by atoms with Crippen LogP contribution in [0.4, 0.5) is 0 Å². The van der Waals surface area contributed by atoms with Crippen LogP contribution in [0.3, 0.4) is 0 Å². The largest absolute Gasteiger partial charge is 0.478 e. The molecule has 0 spiro atoms. The first-order valence-electron chi connectivity index (χ1n) is 10.4. The summed E-state index contributed by atoms with van der Waals surface area (Å²) in [6.45, 7) is 2.51. The van der Waals surface area contributed by atoms with E-state index in [4.69, 9.17) is 0 Å². The fraction of sp³-hybridized carbons (Fsp3) is 0.160. The summed E-state index contributed by atoms with van der Waals surface area (Å²) < 4.78 is 1.76. The number of carboxylic acids is 1. The molecule has 0 radical (unpaired) electrons. The van der Waals surface area contributed by atoms with Crippen LogP contribution in [0.5, 0.6) is 0 Å². The number of benzene rings is 2. The van der Waals surface area contributed by atoms with Gasteiger partial charge in [-0.1, -0.05) is 61.5 Å². The summed E-state index contributed by atoms with van der Waals surface area (Å²) in [7, 11) is 0. The van der Waals surface area contributed by atoms with Gasteiger partial charge in [-0.05, 0) is 24.1 Å². The lowest BCUT2D eigenvalue weighted by Crippen LogP contribution is -2.08. The predicted octanol–water partition coefficient (Wildman–Crippen LogP) is 4.27. The van der Waals surface area contributed by atoms with E-state index in [1.165, 1.54) is 6.07 Å². The van der Waals surface area contributed by atoms with Crippen LogP contribution >= 0.6 is 0 Å². The van der Waals surface area contributed by atoms with E-state index in [1.54, 1.807) is 29.1 Å². The molecule has 0 bridgehead atoms. The second-order valence-corrected chi connectivity index (χ2v) is 7.36. The molecular weight excluding hydrogens is 404 g/mol. The van der Waals surface area contributed by atoms with Crippen LogP contribution in [0.25, 0.3) is 11.3 Å². The minimum Gasteiger partial charge on any atom is -0.478 e. The minimum absolute atomic E-state index is 0.158. The third-order valence-electron chi connectivity index (χ3n) is 5.06. The van der Waals surface area contributed by atoms with Gasteiger partial charge < -0.3 is 5.11 Å². The number of hydrogen-bond acceptors (Lipinski definition) is 5. The Morgan fingerprint density at radius 1 is 0.969 bits per heavy atom. The Morgan fingerprint density at radius 3 is 2.41 bits per heavy atom. The fourth-order valence-corrected chi connectivity index (χ4v) is 3.47. The van der Waals surface area contributed by atoms with E-state index >= 15 is 0 Å². The van der Waals surface area contributed by atoms with Crippen LogP contribution in [0.2, 0.25) is 0 Å². The molecule has 0 aliphatic carbocycles. The molecule has 0 fully saturated rings. The highest BCUT2D eigenvalue weighted by atomic mass is 16.4. The Hall–Kier alpha value is -4.13. The van der Waals surface area contributed by atoms with Crippen molar-refractivity contribution in [2.24, 2.45) is 0 Å². The van der Waals surface area contributed by atoms with Crippen molar-refractivity contribution in [3.05, 3.63) is 101 Å². The molecular formula is C25H22N4O3.